The maximum Gasteiger partial charge on any atom is 0.416 e. The van der Waals surface area contributed by atoms with Gasteiger partial charge in [-0.05, 0) is 23.8 Å². The molecular weight excluding hydrogens is 419 g/mol. The zero-order valence-electron chi connectivity index (χ0n) is 15.8. The number of hydrogen-bond donors (Lipinski definition) is 0. The van der Waals surface area contributed by atoms with E-state index in [0.29, 0.717) is 11.3 Å². The summed E-state index contributed by atoms with van der Waals surface area (Å²) >= 11 is 0. The maximum atomic E-state index is 13.2. The summed E-state index contributed by atoms with van der Waals surface area (Å²) in [5.41, 5.74) is 0.0672. The van der Waals surface area contributed by atoms with Crippen LogP contribution < -0.4 is 0 Å². The highest BCUT2D eigenvalue weighted by Gasteiger charge is 2.34. The van der Waals surface area contributed by atoms with E-state index in [9.17, 15) is 26.4 Å². The maximum absolute atomic E-state index is 13.2. The molecule has 3 rings (SSSR count). The molecule has 0 saturated carbocycles. The van der Waals surface area contributed by atoms with Crippen molar-refractivity contribution in [3.05, 3.63) is 65.0 Å². The van der Waals surface area contributed by atoms with Crippen molar-refractivity contribution < 1.29 is 26.4 Å². The molecule has 1 saturated heterocycles. The summed E-state index contributed by atoms with van der Waals surface area (Å²) in [4.78, 5) is 18.7. The smallest absolute Gasteiger partial charge is 0.340 e. The van der Waals surface area contributed by atoms with Gasteiger partial charge < -0.3 is 4.90 Å². The standard InChI is InChI=1S/C20H18F3N3O3S/c21-20(22,23)16-3-1-2-15(10-16)18(11-17-5-4-14(12-24)13-25-17)19(27)26-6-8-30(28,29)9-7-26/h1-5,10,13,18H,6-9,11H2. The van der Waals surface area contributed by atoms with Gasteiger partial charge in [0, 0.05) is 31.4 Å². The predicted molar refractivity (Wildman–Crippen MR) is 102 cm³/mol. The normalized spacial score (nSPS) is 17.2. The molecule has 0 aliphatic carbocycles. The van der Waals surface area contributed by atoms with E-state index in [1.165, 1.54) is 29.3 Å². The van der Waals surface area contributed by atoms with E-state index in [4.69, 9.17) is 5.26 Å². The highest BCUT2D eigenvalue weighted by atomic mass is 32.2. The van der Waals surface area contributed by atoms with Gasteiger partial charge in [0.2, 0.25) is 5.91 Å². The third-order valence-corrected chi connectivity index (χ3v) is 6.55. The van der Waals surface area contributed by atoms with E-state index >= 15 is 0 Å². The Hall–Kier alpha value is -2.93. The van der Waals surface area contributed by atoms with Gasteiger partial charge in [-0.15, -0.1) is 0 Å². The minimum Gasteiger partial charge on any atom is -0.340 e. The molecule has 0 bridgehead atoms. The quantitative estimate of drug-likeness (QED) is 0.733. The number of carbonyl (C=O) groups excluding carboxylic acids is 1. The van der Waals surface area contributed by atoms with Gasteiger partial charge in [-0.3, -0.25) is 9.78 Å². The molecule has 30 heavy (non-hydrogen) atoms. The van der Waals surface area contributed by atoms with Crippen LogP contribution in [0.15, 0.2) is 42.6 Å². The molecule has 1 fully saturated rings. The average molecular weight is 437 g/mol. The molecule has 0 N–H and O–H groups in total. The minimum atomic E-state index is -4.56. The second-order valence-electron chi connectivity index (χ2n) is 7.01. The Morgan fingerprint density at radius 2 is 1.90 bits per heavy atom. The number of rotatable bonds is 4. The van der Waals surface area contributed by atoms with Gasteiger partial charge in [0.15, 0.2) is 9.84 Å². The molecule has 1 aromatic carbocycles. The predicted octanol–water partition coefficient (Wildman–Crippen LogP) is 2.56. The number of aromatic nitrogens is 1. The zero-order valence-corrected chi connectivity index (χ0v) is 16.6. The summed E-state index contributed by atoms with van der Waals surface area (Å²) in [5.74, 6) is -1.77. The van der Waals surface area contributed by atoms with Gasteiger partial charge >= 0.3 is 6.18 Å². The summed E-state index contributed by atoms with van der Waals surface area (Å²) in [5, 5.41) is 8.89. The zero-order chi connectivity index (χ0) is 21.9. The van der Waals surface area contributed by atoms with Gasteiger partial charge in [0.1, 0.15) is 6.07 Å². The molecular formula is C20H18F3N3O3S. The SMILES string of the molecule is N#Cc1ccc(CC(C(=O)N2CCS(=O)(=O)CC2)c2cccc(C(F)(F)F)c2)nc1. The average Bonchev–Trinajstić information content (AvgIpc) is 2.71. The van der Waals surface area contributed by atoms with Crippen LogP contribution in [0.25, 0.3) is 0 Å². The number of alkyl halides is 3. The number of halogens is 3. The highest BCUT2D eigenvalue weighted by Crippen LogP contribution is 2.32. The summed E-state index contributed by atoms with van der Waals surface area (Å²) < 4.78 is 62.9. The Bertz CT molecular complexity index is 1060. The van der Waals surface area contributed by atoms with Crippen LogP contribution in [-0.2, 0) is 27.2 Å². The first-order valence-corrected chi connectivity index (χ1v) is 10.9. The van der Waals surface area contributed by atoms with Crippen LogP contribution in [0.5, 0.6) is 0 Å². The van der Waals surface area contributed by atoms with Crippen molar-refractivity contribution in [1.29, 1.82) is 5.26 Å². The Labute approximate surface area is 171 Å². The lowest BCUT2D eigenvalue weighted by Gasteiger charge is -2.30. The van der Waals surface area contributed by atoms with Gasteiger partial charge in [0.05, 0.1) is 28.6 Å². The van der Waals surface area contributed by atoms with E-state index in [-0.39, 0.29) is 36.6 Å². The van der Waals surface area contributed by atoms with Crippen LogP contribution in [-0.4, -0.2) is 48.8 Å². The monoisotopic (exact) mass is 437 g/mol. The molecule has 0 radical (unpaired) electrons. The van der Waals surface area contributed by atoms with Gasteiger partial charge in [-0.2, -0.15) is 18.4 Å². The Morgan fingerprint density at radius 1 is 1.20 bits per heavy atom. The Morgan fingerprint density at radius 3 is 2.47 bits per heavy atom. The molecule has 2 heterocycles. The lowest BCUT2D eigenvalue weighted by Crippen LogP contribution is -2.46. The van der Waals surface area contributed by atoms with Crippen molar-refractivity contribution in [3.8, 4) is 6.07 Å². The van der Waals surface area contributed by atoms with Crippen molar-refractivity contribution in [2.24, 2.45) is 0 Å². The molecule has 158 valence electrons. The largest absolute Gasteiger partial charge is 0.416 e. The lowest BCUT2D eigenvalue weighted by atomic mass is 9.91. The fraction of sp³-hybridized carbons (Fsp3) is 0.350. The summed E-state index contributed by atoms with van der Waals surface area (Å²) in [6.07, 6.45) is -3.21. The number of sulfone groups is 1. The first kappa shape index (κ1) is 21.8. The fourth-order valence-electron chi connectivity index (χ4n) is 3.25. The van der Waals surface area contributed by atoms with Gasteiger partial charge in [-0.1, -0.05) is 18.2 Å². The van der Waals surface area contributed by atoms with Gasteiger partial charge in [0.25, 0.3) is 0 Å². The molecule has 0 spiro atoms. The molecule has 1 atom stereocenters. The number of nitrogens with zero attached hydrogens (tertiary/aromatic N) is 3. The number of carbonyl (C=O) groups is 1. The molecule has 10 heteroatoms. The van der Waals surface area contributed by atoms with E-state index < -0.39 is 33.4 Å². The Kier molecular flexibility index (Phi) is 6.12. The van der Waals surface area contributed by atoms with Crippen LogP contribution in [0.1, 0.15) is 28.3 Å². The number of pyridine rings is 1. The fourth-order valence-corrected chi connectivity index (χ4v) is 4.45. The molecule has 2 aromatic rings. The van der Waals surface area contributed by atoms with Crippen LogP contribution in [0.2, 0.25) is 0 Å². The molecule has 1 unspecified atom stereocenters. The highest BCUT2D eigenvalue weighted by molar-refractivity contribution is 7.91. The van der Waals surface area contributed by atoms with Crippen molar-refractivity contribution in [2.75, 3.05) is 24.6 Å². The van der Waals surface area contributed by atoms with Crippen molar-refractivity contribution in [3.63, 3.8) is 0 Å². The molecule has 1 amide bonds. The Balaban J connectivity index is 1.94. The second kappa shape index (κ2) is 8.44. The van der Waals surface area contributed by atoms with Crippen molar-refractivity contribution in [2.45, 2.75) is 18.5 Å². The van der Waals surface area contributed by atoms with E-state index in [0.717, 1.165) is 12.1 Å². The van der Waals surface area contributed by atoms with E-state index in [1.807, 2.05) is 6.07 Å². The van der Waals surface area contributed by atoms with Crippen LogP contribution in [0.3, 0.4) is 0 Å². The first-order valence-electron chi connectivity index (χ1n) is 9.10. The topological polar surface area (TPSA) is 91.1 Å². The summed E-state index contributed by atoms with van der Waals surface area (Å²) in [7, 11) is -3.22. The molecule has 1 aliphatic heterocycles. The van der Waals surface area contributed by atoms with E-state index in [1.54, 1.807) is 6.07 Å². The second-order valence-corrected chi connectivity index (χ2v) is 9.31. The van der Waals surface area contributed by atoms with Crippen molar-refractivity contribution >= 4 is 15.7 Å². The number of nitriles is 1. The van der Waals surface area contributed by atoms with Crippen LogP contribution >= 0.6 is 0 Å². The number of amides is 1. The molecule has 1 aliphatic rings. The van der Waals surface area contributed by atoms with Gasteiger partial charge in [-0.25, -0.2) is 8.42 Å². The number of benzene rings is 1. The number of hydrogen-bond acceptors (Lipinski definition) is 5. The third-order valence-electron chi connectivity index (χ3n) is 4.94. The molecule has 1 aromatic heterocycles. The summed E-state index contributed by atoms with van der Waals surface area (Å²) in [6, 6.07) is 9.55. The van der Waals surface area contributed by atoms with E-state index in [2.05, 4.69) is 4.98 Å². The van der Waals surface area contributed by atoms with Crippen molar-refractivity contribution in [1.82, 2.24) is 9.88 Å². The lowest BCUT2D eigenvalue weighted by molar-refractivity contribution is -0.138. The van der Waals surface area contributed by atoms with Crippen LogP contribution in [0, 0.1) is 11.3 Å². The van der Waals surface area contributed by atoms with Crippen LogP contribution in [0.4, 0.5) is 13.2 Å². The summed E-state index contributed by atoms with van der Waals surface area (Å²) in [6.45, 7) is -0.00511. The first-order chi connectivity index (χ1) is 14.1. The minimum absolute atomic E-state index is 0.00255. The molecule has 6 nitrogen and oxygen atoms in total. The third kappa shape index (κ3) is 5.16.